The van der Waals surface area contributed by atoms with Crippen LogP contribution in [0.4, 0.5) is 0 Å². The molecule has 100 valence electrons. The van der Waals surface area contributed by atoms with E-state index in [1.165, 1.54) is 12.1 Å². The lowest BCUT2D eigenvalue weighted by Gasteiger charge is -2.05. The van der Waals surface area contributed by atoms with E-state index in [9.17, 15) is 13.2 Å². The second kappa shape index (κ2) is 6.72. The number of carbonyl (C=O) groups excluding carboxylic acids is 1. The van der Waals surface area contributed by atoms with E-state index in [4.69, 9.17) is 15.4 Å². The lowest BCUT2D eigenvalue weighted by Crippen LogP contribution is -2.27. The summed E-state index contributed by atoms with van der Waals surface area (Å²) in [5.41, 5.74) is 0.781. The van der Waals surface area contributed by atoms with Crippen LogP contribution in [0, 0.1) is 0 Å². The number of benzene rings is 1. The van der Waals surface area contributed by atoms with Crippen molar-refractivity contribution in [1.29, 1.82) is 0 Å². The smallest absolute Gasteiger partial charge is 0.261 e. The zero-order chi connectivity index (χ0) is 13.6. The van der Waals surface area contributed by atoms with Crippen LogP contribution in [0.5, 0.6) is 0 Å². The van der Waals surface area contributed by atoms with Gasteiger partial charge in [-0.25, -0.2) is 8.42 Å². The molecule has 1 amide bonds. The number of ether oxygens (including phenoxy) is 1. The number of carbonyl (C=O) groups is 1. The summed E-state index contributed by atoms with van der Waals surface area (Å²) in [7, 11) is 1.48. The highest BCUT2D eigenvalue weighted by atomic mass is 35.7. The minimum atomic E-state index is -3.70. The van der Waals surface area contributed by atoms with Gasteiger partial charge >= 0.3 is 0 Å². The lowest BCUT2D eigenvalue weighted by atomic mass is 10.2. The molecule has 0 aliphatic carbocycles. The van der Waals surface area contributed by atoms with Gasteiger partial charge in [-0.1, -0.05) is 12.1 Å². The summed E-state index contributed by atoms with van der Waals surface area (Å²) in [6, 6.07) is 5.98. The third kappa shape index (κ3) is 5.03. The Morgan fingerprint density at radius 2 is 1.94 bits per heavy atom. The van der Waals surface area contributed by atoms with Crippen molar-refractivity contribution in [3.8, 4) is 0 Å². The fraction of sp³-hybridized carbons (Fsp3) is 0.364. The molecule has 1 aromatic rings. The standard InChI is InChI=1S/C11H14ClNO4S/c1-2-17-8-11(14)13-7-9-3-5-10(6-4-9)18(12,15)16/h3-6H,2,7-8H2,1H3,(H,13,14). The maximum Gasteiger partial charge on any atom is 0.261 e. The van der Waals surface area contributed by atoms with Gasteiger partial charge < -0.3 is 10.1 Å². The quantitative estimate of drug-likeness (QED) is 0.801. The van der Waals surface area contributed by atoms with Gasteiger partial charge in [-0.3, -0.25) is 4.79 Å². The number of hydrogen-bond donors (Lipinski definition) is 1. The predicted molar refractivity (Wildman–Crippen MR) is 67.8 cm³/mol. The summed E-state index contributed by atoms with van der Waals surface area (Å²) in [5.74, 6) is -0.217. The first-order valence-corrected chi connectivity index (χ1v) is 7.62. The maximum atomic E-state index is 11.2. The van der Waals surface area contributed by atoms with Crippen molar-refractivity contribution in [2.24, 2.45) is 0 Å². The van der Waals surface area contributed by atoms with Crippen molar-refractivity contribution in [3.63, 3.8) is 0 Å². The Kier molecular flexibility index (Phi) is 5.58. The normalized spacial score (nSPS) is 11.2. The summed E-state index contributed by atoms with van der Waals surface area (Å²) in [6.45, 7) is 2.62. The van der Waals surface area contributed by atoms with Gasteiger partial charge in [0.05, 0.1) is 4.90 Å². The van der Waals surface area contributed by atoms with E-state index in [1.807, 2.05) is 0 Å². The molecule has 0 fully saturated rings. The summed E-state index contributed by atoms with van der Waals surface area (Å²) >= 11 is 0. The van der Waals surface area contributed by atoms with Crippen LogP contribution in [0.1, 0.15) is 12.5 Å². The Labute approximate surface area is 111 Å². The summed E-state index contributed by atoms with van der Waals surface area (Å²) in [5, 5.41) is 2.65. The molecule has 0 unspecified atom stereocenters. The molecule has 0 atom stereocenters. The van der Waals surface area contributed by atoms with Crippen LogP contribution in [0.3, 0.4) is 0 Å². The third-order valence-electron chi connectivity index (χ3n) is 2.13. The van der Waals surface area contributed by atoms with E-state index < -0.39 is 9.05 Å². The first kappa shape index (κ1) is 14.9. The molecule has 0 bridgehead atoms. The predicted octanol–water partition coefficient (Wildman–Crippen LogP) is 1.27. The first-order valence-electron chi connectivity index (χ1n) is 5.31. The van der Waals surface area contributed by atoms with Gasteiger partial charge in [0.2, 0.25) is 5.91 Å². The molecule has 0 radical (unpaired) electrons. The summed E-state index contributed by atoms with van der Waals surface area (Å²) in [4.78, 5) is 11.3. The minimum Gasteiger partial charge on any atom is -0.372 e. The monoisotopic (exact) mass is 291 g/mol. The molecule has 0 spiro atoms. The number of amides is 1. The SMILES string of the molecule is CCOCC(=O)NCc1ccc(S(=O)(=O)Cl)cc1. The first-order chi connectivity index (χ1) is 8.43. The van der Waals surface area contributed by atoms with Crippen molar-refractivity contribution in [3.05, 3.63) is 29.8 Å². The van der Waals surface area contributed by atoms with Crippen molar-refractivity contribution >= 4 is 25.6 Å². The highest BCUT2D eigenvalue weighted by Gasteiger charge is 2.09. The van der Waals surface area contributed by atoms with Crippen LogP contribution in [0.2, 0.25) is 0 Å². The van der Waals surface area contributed by atoms with Gasteiger partial charge in [-0.15, -0.1) is 0 Å². The molecule has 0 saturated carbocycles. The van der Waals surface area contributed by atoms with Crippen molar-refractivity contribution in [2.45, 2.75) is 18.4 Å². The zero-order valence-corrected chi connectivity index (χ0v) is 11.4. The Bertz CT molecular complexity index is 498. The second-order valence-corrected chi connectivity index (χ2v) is 6.06. The van der Waals surface area contributed by atoms with Crippen LogP contribution in [0.25, 0.3) is 0 Å². The van der Waals surface area contributed by atoms with E-state index in [0.717, 1.165) is 5.56 Å². The van der Waals surface area contributed by atoms with Crippen molar-refractivity contribution in [2.75, 3.05) is 13.2 Å². The van der Waals surface area contributed by atoms with Crippen LogP contribution in [-0.2, 0) is 25.1 Å². The highest BCUT2D eigenvalue weighted by molar-refractivity contribution is 8.13. The summed E-state index contributed by atoms with van der Waals surface area (Å²) < 4.78 is 27.0. The van der Waals surface area contributed by atoms with Gasteiger partial charge in [0, 0.05) is 23.8 Å². The molecule has 0 aliphatic heterocycles. The van der Waals surface area contributed by atoms with Gasteiger partial charge in [0.1, 0.15) is 6.61 Å². The van der Waals surface area contributed by atoms with Gasteiger partial charge in [0.15, 0.2) is 0 Å². The Hall–Kier alpha value is -1.11. The molecule has 0 aromatic heterocycles. The van der Waals surface area contributed by atoms with Gasteiger partial charge in [-0.05, 0) is 24.6 Å². The van der Waals surface area contributed by atoms with E-state index in [2.05, 4.69) is 5.32 Å². The van der Waals surface area contributed by atoms with E-state index in [0.29, 0.717) is 13.2 Å². The van der Waals surface area contributed by atoms with Gasteiger partial charge in [0.25, 0.3) is 9.05 Å². The molecular formula is C11H14ClNO4S. The summed E-state index contributed by atoms with van der Waals surface area (Å²) in [6.07, 6.45) is 0. The number of hydrogen-bond acceptors (Lipinski definition) is 4. The van der Waals surface area contributed by atoms with E-state index in [-0.39, 0.29) is 17.4 Å². The lowest BCUT2D eigenvalue weighted by molar-refractivity contribution is -0.125. The third-order valence-corrected chi connectivity index (χ3v) is 3.50. The molecule has 0 heterocycles. The largest absolute Gasteiger partial charge is 0.372 e. The fourth-order valence-corrected chi connectivity index (χ4v) is 1.99. The van der Waals surface area contributed by atoms with E-state index >= 15 is 0 Å². The number of halogens is 1. The molecule has 1 rings (SSSR count). The molecule has 18 heavy (non-hydrogen) atoms. The Morgan fingerprint density at radius 3 is 2.44 bits per heavy atom. The van der Waals surface area contributed by atoms with Crippen LogP contribution >= 0.6 is 10.7 Å². The molecule has 0 aliphatic rings. The molecule has 1 aromatic carbocycles. The van der Waals surface area contributed by atoms with Crippen LogP contribution < -0.4 is 5.32 Å². The average Bonchev–Trinajstić information content (AvgIpc) is 2.33. The molecule has 5 nitrogen and oxygen atoms in total. The van der Waals surface area contributed by atoms with Crippen LogP contribution in [-0.4, -0.2) is 27.5 Å². The average molecular weight is 292 g/mol. The van der Waals surface area contributed by atoms with Crippen molar-refractivity contribution < 1.29 is 17.9 Å². The number of nitrogens with one attached hydrogen (secondary N) is 1. The molecular weight excluding hydrogens is 278 g/mol. The highest BCUT2D eigenvalue weighted by Crippen LogP contribution is 2.15. The fourth-order valence-electron chi connectivity index (χ4n) is 1.22. The maximum absolute atomic E-state index is 11.2. The molecule has 7 heteroatoms. The Balaban J connectivity index is 2.52. The molecule has 1 N–H and O–H groups in total. The van der Waals surface area contributed by atoms with Gasteiger partial charge in [-0.2, -0.15) is 0 Å². The number of rotatable bonds is 6. The van der Waals surface area contributed by atoms with E-state index in [1.54, 1.807) is 19.1 Å². The molecule has 0 saturated heterocycles. The minimum absolute atomic E-state index is 0.0185. The second-order valence-electron chi connectivity index (χ2n) is 3.50. The topological polar surface area (TPSA) is 72.5 Å². The Morgan fingerprint density at radius 1 is 1.33 bits per heavy atom. The van der Waals surface area contributed by atoms with Crippen LogP contribution in [0.15, 0.2) is 29.2 Å². The van der Waals surface area contributed by atoms with Crippen molar-refractivity contribution in [1.82, 2.24) is 5.32 Å². The zero-order valence-electron chi connectivity index (χ0n) is 9.85.